The van der Waals surface area contributed by atoms with Crippen LogP contribution in [-0.4, -0.2) is 13.7 Å². The minimum Gasteiger partial charge on any atom is -0.228 e. The topological polar surface area (TPSA) is 60.2 Å². The van der Waals surface area contributed by atoms with Gasteiger partial charge in [0.25, 0.3) is 0 Å². The zero-order valence-corrected chi connectivity index (χ0v) is 9.44. The first-order chi connectivity index (χ1) is 6.02. The Kier molecular flexibility index (Phi) is 6.33. The smallest absolute Gasteiger partial charge is 0.211 e. The summed E-state index contributed by atoms with van der Waals surface area (Å²) in [6.07, 6.45) is 5.39. The zero-order valence-electron chi connectivity index (χ0n) is 8.62. The van der Waals surface area contributed by atoms with E-state index in [1.165, 1.54) is 0 Å². The van der Waals surface area contributed by atoms with Crippen LogP contribution < -0.4 is 5.14 Å². The van der Waals surface area contributed by atoms with E-state index in [-0.39, 0.29) is 5.25 Å². The minimum atomic E-state index is -3.31. The number of primary sulfonamides is 1. The summed E-state index contributed by atoms with van der Waals surface area (Å²) in [5.74, 6) is 0. The molecule has 0 bridgehead atoms. The fourth-order valence-electron chi connectivity index (χ4n) is 1.34. The molecule has 0 aromatic rings. The van der Waals surface area contributed by atoms with Gasteiger partial charge in [0.05, 0.1) is 5.25 Å². The van der Waals surface area contributed by atoms with Gasteiger partial charge in [-0.25, -0.2) is 13.6 Å². The van der Waals surface area contributed by atoms with Crippen molar-refractivity contribution in [3.05, 3.63) is 0 Å². The molecular formula is C9H21NO2S. The summed E-state index contributed by atoms with van der Waals surface area (Å²) in [5, 5.41) is 4.82. The molecule has 0 aliphatic rings. The minimum absolute atomic E-state index is 0.313. The maximum absolute atomic E-state index is 11.1. The van der Waals surface area contributed by atoms with Crippen LogP contribution in [0.15, 0.2) is 0 Å². The van der Waals surface area contributed by atoms with Gasteiger partial charge in [0, 0.05) is 0 Å². The second-order valence-electron chi connectivity index (χ2n) is 3.50. The Labute approximate surface area is 81.8 Å². The zero-order chi connectivity index (χ0) is 10.3. The molecule has 0 aliphatic carbocycles. The Morgan fingerprint density at radius 1 is 1.08 bits per heavy atom. The molecule has 3 nitrogen and oxygen atoms in total. The summed E-state index contributed by atoms with van der Waals surface area (Å²) in [7, 11) is -3.31. The highest BCUT2D eigenvalue weighted by Gasteiger charge is 2.19. The van der Waals surface area contributed by atoms with Crippen molar-refractivity contribution >= 4 is 10.0 Å². The fraction of sp³-hybridized carbons (Fsp3) is 1.00. The van der Waals surface area contributed by atoms with Crippen LogP contribution in [0.4, 0.5) is 0 Å². The largest absolute Gasteiger partial charge is 0.228 e. The SMILES string of the molecule is CCCCC(CCCC)S(N)(=O)=O. The maximum Gasteiger partial charge on any atom is 0.211 e. The Morgan fingerprint density at radius 2 is 1.46 bits per heavy atom. The third kappa shape index (κ3) is 6.05. The van der Waals surface area contributed by atoms with E-state index in [0.29, 0.717) is 0 Å². The lowest BCUT2D eigenvalue weighted by atomic mass is 10.1. The summed E-state index contributed by atoms with van der Waals surface area (Å²) in [5.41, 5.74) is 0. The van der Waals surface area contributed by atoms with E-state index in [1.807, 2.05) is 0 Å². The Balaban J connectivity index is 4.04. The first-order valence-corrected chi connectivity index (χ1v) is 6.64. The Morgan fingerprint density at radius 3 is 1.69 bits per heavy atom. The molecule has 13 heavy (non-hydrogen) atoms. The average Bonchev–Trinajstić information content (AvgIpc) is 2.02. The number of unbranched alkanes of at least 4 members (excludes halogenated alkanes) is 2. The van der Waals surface area contributed by atoms with Crippen LogP contribution in [0.5, 0.6) is 0 Å². The second-order valence-corrected chi connectivity index (χ2v) is 5.34. The monoisotopic (exact) mass is 207 g/mol. The number of rotatable bonds is 7. The van der Waals surface area contributed by atoms with Crippen molar-refractivity contribution in [2.24, 2.45) is 5.14 Å². The summed E-state index contributed by atoms with van der Waals surface area (Å²) < 4.78 is 22.2. The average molecular weight is 207 g/mol. The number of hydrogen-bond donors (Lipinski definition) is 1. The molecule has 0 radical (unpaired) electrons. The maximum atomic E-state index is 11.1. The lowest BCUT2D eigenvalue weighted by molar-refractivity contribution is 0.542. The van der Waals surface area contributed by atoms with E-state index in [0.717, 1.165) is 38.5 Å². The van der Waals surface area contributed by atoms with Gasteiger partial charge < -0.3 is 0 Å². The van der Waals surface area contributed by atoms with Gasteiger partial charge in [0.1, 0.15) is 0 Å². The van der Waals surface area contributed by atoms with Gasteiger partial charge in [-0.2, -0.15) is 0 Å². The van der Waals surface area contributed by atoms with Gasteiger partial charge in [-0.05, 0) is 12.8 Å². The van der Waals surface area contributed by atoms with Crippen molar-refractivity contribution in [1.29, 1.82) is 0 Å². The molecule has 0 rings (SSSR count). The van der Waals surface area contributed by atoms with E-state index in [4.69, 9.17) is 5.14 Å². The van der Waals surface area contributed by atoms with Crippen LogP contribution in [0.2, 0.25) is 0 Å². The number of sulfonamides is 1. The predicted molar refractivity (Wildman–Crippen MR) is 55.9 cm³/mol. The van der Waals surface area contributed by atoms with Crippen LogP contribution in [0, 0.1) is 0 Å². The molecule has 0 saturated heterocycles. The molecule has 0 unspecified atom stereocenters. The van der Waals surface area contributed by atoms with Crippen molar-refractivity contribution in [2.45, 2.75) is 57.6 Å². The van der Waals surface area contributed by atoms with Crippen molar-refractivity contribution in [3.63, 3.8) is 0 Å². The molecule has 0 spiro atoms. The van der Waals surface area contributed by atoms with E-state index in [1.54, 1.807) is 0 Å². The summed E-state index contributed by atoms with van der Waals surface area (Å²) in [6.45, 7) is 4.11. The molecule has 0 heterocycles. The Hall–Kier alpha value is -0.0900. The molecule has 80 valence electrons. The van der Waals surface area contributed by atoms with E-state index >= 15 is 0 Å². The molecule has 2 N–H and O–H groups in total. The molecule has 0 atom stereocenters. The van der Waals surface area contributed by atoms with Crippen LogP contribution in [0.1, 0.15) is 52.4 Å². The highest BCUT2D eigenvalue weighted by Crippen LogP contribution is 2.14. The van der Waals surface area contributed by atoms with Gasteiger partial charge in [0.15, 0.2) is 0 Å². The molecule has 0 fully saturated rings. The second kappa shape index (κ2) is 6.38. The standard InChI is InChI=1S/C9H21NO2S/c1-3-5-7-9(8-6-4-2)13(10,11)12/h9H,3-8H2,1-2H3,(H2,10,11,12). The van der Waals surface area contributed by atoms with Gasteiger partial charge in [-0.15, -0.1) is 0 Å². The van der Waals surface area contributed by atoms with E-state index < -0.39 is 10.0 Å². The quantitative estimate of drug-likeness (QED) is 0.694. The third-order valence-corrected chi connectivity index (χ3v) is 3.62. The van der Waals surface area contributed by atoms with E-state index in [2.05, 4.69) is 13.8 Å². The molecular weight excluding hydrogens is 186 g/mol. The molecule has 0 amide bonds. The van der Waals surface area contributed by atoms with Crippen LogP contribution >= 0.6 is 0 Å². The highest BCUT2D eigenvalue weighted by molar-refractivity contribution is 7.89. The summed E-state index contributed by atoms with van der Waals surface area (Å²) >= 11 is 0. The van der Waals surface area contributed by atoms with Gasteiger partial charge in [-0.3, -0.25) is 0 Å². The Bertz CT molecular complexity index is 204. The molecule has 0 aromatic carbocycles. The van der Waals surface area contributed by atoms with Crippen molar-refractivity contribution in [1.82, 2.24) is 0 Å². The lowest BCUT2D eigenvalue weighted by Crippen LogP contribution is -2.28. The fourth-order valence-corrected chi connectivity index (χ4v) is 2.33. The van der Waals surface area contributed by atoms with Crippen LogP contribution in [0.3, 0.4) is 0 Å². The van der Waals surface area contributed by atoms with Crippen LogP contribution in [-0.2, 0) is 10.0 Å². The first-order valence-electron chi connectivity index (χ1n) is 5.04. The van der Waals surface area contributed by atoms with Gasteiger partial charge >= 0.3 is 0 Å². The van der Waals surface area contributed by atoms with Gasteiger partial charge in [0.2, 0.25) is 10.0 Å². The molecule has 0 saturated carbocycles. The van der Waals surface area contributed by atoms with Crippen molar-refractivity contribution in [3.8, 4) is 0 Å². The highest BCUT2D eigenvalue weighted by atomic mass is 32.2. The number of hydrogen-bond acceptors (Lipinski definition) is 2. The predicted octanol–water partition coefficient (Wildman–Crippen LogP) is 2.02. The molecule has 0 aromatic heterocycles. The summed E-state index contributed by atoms with van der Waals surface area (Å²) in [4.78, 5) is 0. The molecule has 4 heteroatoms. The van der Waals surface area contributed by atoms with Crippen LogP contribution in [0.25, 0.3) is 0 Å². The van der Waals surface area contributed by atoms with Crippen molar-refractivity contribution < 1.29 is 8.42 Å². The number of nitrogens with two attached hydrogens (primary N) is 1. The lowest BCUT2D eigenvalue weighted by Gasteiger charge is -2.13. The molecule has 0 aliphatic heterocycles. The first kappa shape index (κ1) is 12.9. The normalized spacial score (nSPS) is 12.3. The third-order valence-electron chi connectivity index (χ3n) is 2.22. The van der Waals surface area contributed by atoms with Gasteiger partial charge in [-0.1, -0.05) is 39.5 Å². The van der Waals surface area contributed by atoms with Crippen molar-refractivity contribution in [2.75, 3.05) is 0 Å². The summed E-state index contributed by atoms with van der Waals surface area (Å²) in [6, 6.07) is 0. The van der Waals surface area contributed by atoms with E-state index in [9.17, 15) is 8.42 Å².